The maximum Gasteiger partial charge on any atom is 0.417 e. The first-order valence-corrected chi connectivity index (χ1v) is 5.14. The number of carbonyl (C=O) groups is 2. The number of carbonyl (C=O) groups excluding carboxylic acids is 2. The van der Waals surface area contributed by atoms with Gasteiger partial charge in [0, 0.05) is 5.69 Å². The minimum absolute atomic E-state index is 0.113. The predicted octanol–water partition coefficient (Wildman–Crippen LogP) is 2.49. The van der Waals surface area contributed by atoms with Crippen LogP contribution in [0.2, 0.25) is 0 Å². The zero-order valence-corrected chi connectivity index (χ0v) is 9.84. The number of anilines is 1. The standard InChI is InChI=1S/C12H9F3N2O2/c1-7(18)4-11(19)17-9-3-2-8(6-16)10(5-9)12(13,14)15/h2-3,5H,4H2,1H3,(H,17,19). The molecular formula is C12H9F3N2O2. The van der Waals surface area contributed by atoms with Gasteiger partial charge in [0.05, 0.1) is 23.6 Å². The first-order chi connectivity index (χ1) is 8.74. The lowest BCUT2D eigenvalue weighted by atomic mass is 10.1. The molecule has 1 amide bonds. The molecule has 0 bridgehead atoms. The lowest BCUT2D eigenvalue weighted by Gasteiger charge is -2.11. The van der Waals surface area contributed by atoms with Crippen molar-refractivity contribution in [2.24, 2.45) is 0 Å². The molecule has 0 saturated heterocycles. The average Bonchev–Trinajstić information content (AvgIpc) is 2.26. The van der Waals surface area contributed by atoms with Crippen LogP contribution in [0.25, 0.3) is 0 Å². The minimum Gasteiger partial charge on any atom is -0.326 e. The summed E-state index contributed by atoms with van der Waals surface area (Å²) in [5.41, 5.74) is -1.77. The first kappa shape index (κ1) is 14.7. The molecule has 0 fully saturated rings. The molecule has 0 saturated carbocycles. The van der Waals surface area contributed by atoms with Crippen LogP contribution in [0.15, 0.2) is 18.2 Å². The third kappa shape index (κ3) is 4.10. The Morgan fingerprint density at radius 1 is 1.37 bits per heavy atom. The number of nitrogens with zero attached hydrogens (tertiary/aromatic N) is 1. The number of hydrogen-bond donors (Lipinski definition) is 1. The van der Waals surface area contributed by atoms with Crippen molar-refractivity contribution >= 4 is 17.4 Å². The van der Waals surface area contributed by atoms with Crippen molar-refractivity contribution in [1.29, 1.82) is 5.26 Å². The summed E-state index contributed by atoms with van der Waals surface area (Å²) in [7, 11) is 0. The molecule has 0 aliphatic rings. The van der Waals surface area contributed by atoms with E-state index < -0.39 is 35.4 Å². The molecule has 0 aliphatic heterocycles. The van der Waals surface area contributed by atoms with Gasteiger partial charge in [-0.2, -0.15) is 18.4 Å². The Kier molecular flexibility index (Phi) is 4.27. The van der Waals surface area contributed by atoms with Gasteiger partial charge in [-0.25, -0.2) is 0 Å². The smallest absolute Gasteiger partial charge is 0.326 e. The highest BCUT2D eigenvalue weighted by Crippen LogP contribution is 2.33. The summed E-state index contributed by atoms with van der Waals surface area (Å²) in [6, 6.07) is 4.23. The zero-order chi connectivity index (χ0) is 14.6. The Bertz CT molecular complexity index is 559. The largest absolute Gasteiger partial charge is 0.417 e. The maximum absolute atomic E-state index is 12.6. The number of hydrogen-bond acceptors (Lipinski definition) is 3. The average molecular weight is 270 g/mol. The third-order valence-corrected chi connectivity index (χ3v) is 2.14. The second-order valence-electron chi connectivity index (χ2n) is 3.80. The van der Waals surface area contributed by atoms with Crippen molar-refractivity contribution in [1.82, 2.24) is 0 Å². The number of rotatable bonds is 3. The summed E-state index contributed by atoms with van der Waals surface area (Å²) in [6.07, 6.45) is -5.10. The first-order valence-electron chi connectivity index (χ1n) is 5.14. The van der Waals surface area contributed by atoms with Crippen molar-refractivity contribution in [3.05, 3.63) is 29.3 Å². The number of ketones is 1. The quantitative estimate of drug-likeness (QED) is 0.858. The summed E-state index contributed by atoms with van der Waals surface area (Å²) >= 11 is 0. The molecule has 0 aliphatic carbocycles. The molecule has 0 unspecified atom stereocenters. The number of Topliss-reactive ketones (excluding diaryl/α,β-unsaturated/α-hetero) is 1. The van der Waals surface area contributed by atoms with Crippen LogP contribution >= 0.6 is 0 Å². The molecule has 100 valence electrons. The van der Waals surface area contributed by atoms with Gasteiger partial charge in [0.15, 0.2) is 0 Å². The van der Waals surface area contributed by atoms with E-state index in [9.17, 15) is 22.8 Å². The molecule has 7 heteroatoms. The summed E-state index contributed by atoms with van der Waals surface area (Å²) in [5.74, 6) is -1.10. The van der Waals surface area contributed by atoms with Gasteiger partial charge in [-0.3, -0.25) is 9.59 Å². The van der Waals surface area contributed by atoms with Crippen LogP contribution < -0.4 is 5.32 Å². The molecule has 0 heterocycles. The van der Waals surface area contributed by atoms with E-state index in [0.717, 1.165) is 6.07 Å². The number of nitriles is 1. The molecule has 19 heavy (non-hydrogen) atoms. The Hall–Kier alpha value is -2.36. The molecular weight excluding hydrogens is 261 g/mol. The second-order valence-corrected chi connectivity index (χ2v) is 3.80. The summed E-state index contributed by atoms with van der Waals surface area (Å²) in [4.78, 5) is 21.9. The van der Waals surface area contributed by atoms with E-state index in [4.69, 9.17) is 5.26 Å². The van der Waals surface area contributed by atoms with Gasteiger partial charge in [0.25, 0.3) is 0 Å². The van der Waals surface area contributed by atoms with Crippen LogP contribution in [-0.4, -0.2) is 11.7 Å². The van der Waals surface area contributed by atoms with E-state index in [1.165, 1.54) is 19.1 Å². The number of alkyl halides is 3. The Morgan fingerprint density at radius 3 is 2.47 bits per heavy atom. The summed E-state index contributed by atoms with van der Waals surface area (Å²) in [6.45, 7) is 1.19. The van der Waals surface area contributed by atoms with Crippen molar-refractivity contribution in [2.45, 2.75) is 19.5 Å². The van der Waals surface area contributed by atoms with Gasteiger partial charge in [-0.15, -0.1) is 0 Å². The molecule has 4 nitrogen and oxygen atoms in total. The summed E-state index contributed by atoms with van der Waals surface area (Å²) < 4.78 is 37.9. The van der Waals surface area contributed by atoms with Crippen LogP contribution in [0.3, 0.4) is 0 Å². The topological polar surface area (TPSA) is 70.0 Å². The van der Waals surface area contributed by atoms with Gasteiger partial charge in [0.2, 0.25) is 5.91 Å². The lowest BCUT2D eigenvalue weighted by Crippen LogP contribution is -2.16. The maximum atomic E-state index is 12.6. The monoisotopic (exact) mass is 270 g/mol. The van der Waals surface area contributed by atoms with E-state index in [-0.39, 0.29) is 5.69 Å². The number of amides is 1. The molecule has 1 aromatic carbocycles. The number of nitrogens with one attached hydrogen (secondary N) is 1. The fourth-order valence-electron chi connectivity index (χ4n) is 1.39. The van der Waals surface area contributed by atoms with Gasteiger partial charge in [0.1, 0.15) is 5.78 Å². The SMILES string of the molecule is CC(=O)CC(=O)Nc1ccc(C#N)c(C(F)(F)F)c1. The Labute approximate surface area is 106 Å². The Morgan fingerprint density at radius 2 is 2.00 bits per heavy atom. The normalized spacial score (nSPS) is 10.7. The van der Waals surface area contributed by atoms with Crippen LogP contribution in [0, 0.1) is 11.3 Å². The van der Waals surface area contributed by atoms with Gasteiger partial charge in [-0.1, -0.05) is 0 Å². The molecule has 0 atom stereocenters. The van der Waals surface area contributed by atoms with Crippen molar-refractivity contribution in [3.8, 4) is 6.07 Å². The van der Waals surface area contributed by atoms with E-state index >= 15 is 0 Å². The van der Waals surface area contributed by atoms with E-state index in [1.54, 1.807) is 0 Å². The summed E-state index contributed by atoms with van der Waals surface area (Å²) in [5, 5.41) is 10.8. The van der Waals surface area contributed by atoms with Gasteiger partial charge < -0.3 is 5.32 Å². The van der Waals surface area contributed by atoms with E-state index in [0.29, 0.717) is 6.07 Å². The molecule has 1 N–H and O–H groups in total. The van der Waals surface area contributed by atoms with Crippen LogP contribution in [-0.2, 0) is 15.8 Å². The number of benzene rings is 1. The van der Waals surface area contributed by atoms with E-state index in [2.05, 4.69) is 5.32 Å². The van der Waals surface area contributed by atoms with Crippen LogP contribution in [0.1, 0.15) is 24.5 Å². The molecule has 0 radical (unpaired) electrons. The van der Waals surface area contributed by atoms with Crippen LogP contribution in [0.4, 0.5) is 18.9 Å². The van der Waals surface area contributed by atoms with E-state index in [1.807, 2.05) is 0 Å². The zero-order valence-electron chi connectivity index (χ0n) is 9.84. The van der Waals surface area contributed by atoms with Crippen molar-refractivity contribution in [2.75, 3.05) is 5.32 Å². The molecule has 0 spiro atoms. The molecule has 0 aromatic heterocycles. The fraction of sp³-hybridized carbons (Fsp3) is 0.250. The highest BCUT2D eigenvalue weighted by atomic mass is 19.4. The van der Waals surface area contributed by atoms with Crippen molar-refractivity contribution in [3.63, 3.8) is 0 Å². The molecule has 1 rings (SSSR count). The Balaban J connectivity index is 3.03. The highest BCUT2D eigenvalue weighted by molar-refractivity contribution is 6.03. The highest BCUT2D eigenvalue weighted by Gasteiger charge is 2.33. The third-order valence-electron chi connectivity index (χ3n) is 2.14. The molecule has 1 aromatic rings. The fourth-order valence-corrected chi connectivity index (χ4v) is 1.39. The second kappa shape index (κ2) is 5.52. The van der Waals surface area contributed by atoms with Crippen LogP contribution in [0.5, 0.6) is 0 Å². The predicted molar refractivity (Wildman–Crippen MR) is 60.1 cm³/mol. The lowest BCUT2D eigenvalue weighted by molar-refractivity contribution is -0.137. The van der Waals surface area contributed by atoms with Gasteiger partial charge in [-0.05, 0) is 25.1 Å². The van der Waals surface area contributed by atoms with Crippen molar-refractivity contribution < 1.29 is 22.8 Å². The minimum atomic E-state index is -4.69. The number of halogens is 3. The van der Waals surface area contributed by atoms with Gasteiger partial charge >= 0.3 is 6.18 Å².